The summed E-state index contributed by atoms with van der Waals surface area (Å²) in [7, 11) is 0. The number of nitrogens with one attached hydrogen (secondary N) is 1. The number of rotatable bonds is 5. The topological polar surface area (TPSA) is 78.0 Å². The van der Waals surface area contributed by atoms with E-state index in [9.17, 15) is 4.79 Å². The first-order chi connectivity index (χ1) is 14.3. The summed E-state index contributed by atoms with van der Waals surface area (Å²) < 4.78 is 0. The number of aromatic amines is 1. The summed E-state index contributed by atoms with van der Waals surface area (Å²) in [6.07, 6.45) is 15.2. The third-order valence-electron chi connectivity index (χ3n) is 6.43. The molecule has 0 radical (unpaired) electrons. The number of hydrogen-bond acceptors (Lipinski definition) is 5. The van der Waals surface area contributed by atoms with Crippen LogP contribution in [-0.2, 0) is 4.79 Å². The molecule has 0 bridgehead atoms. The van der Waals surface area contributed by atoms with E-state index >= 15 is 0 Å². The van der Waals surface area contributed by atoms with Crippen LogP contribution in [0.2, 0.25) is 0 Å². The van der Waals surface area contributed by atoms with Gasteiger partial charge in [0.25, 0.3) is 0 Å². The maximum absolute atomic E-state index is 13.0. The van der Waals surface area contributed by atoms with Gasteiger partial charge in [0, 0.05) is 37.8 Å². The molecule has 1 N–H and O–H groups in total. The second-order valence-corrected chi connectivity index (χ2v) is 8.35. The SMILES string of the molecule is O=C(C[C@H]1C=CCC1)N1CCC[C@H]1c1[nH]ncc1-c1ccnc(N2CCCC2)n1. The van der Waals surface area contributed by atoms with Crippen molar-refractivity contribution in [3.05, 3.63) is 36.3 Å². The smallest absolute Gasteiger partial charge is 0.225 e. The molecular formula is C22H28N6O. The van der Waals surface area contributed by atoms with Gasteiger partial charge in [0.05, 0.1) is 23.6 Å². The first kappa shape index (κ1) is 18.3. The molecule has 5 rings (SSSR count). The maximum atomic E-state index is 13.0. The van der Waals surface area contributed by atoms with E-state index < -0.39 is 0 Å². The summed E-state index contributed by atoms with van der Waals surface area (Å²) in [5.41, 5.74) is 2.87. The Bertz CT molecular complexity index is 900. The number of carbonyl (C=O) groups excluding carboxylic acids is 1. The monoisotopic (exact) mass is 392 g/mol. The molecule has 0 spiro atoms. The highest BCUT2D eigenvalue weighted by molar-refractivity contribution is 5.78. The second-order valence-electron chi connectivity index (χ2n) is 8.35. The Morgan fingerprint density at radius 3 is 2.90 bits per heavy atom. The highest BCUT2D eigenvalue weighted by atomic mass is 16.2. The predicted octanol–water partition coefficient (Wildman–Crippen LogP) is 3.49. The van der Waals surface area contributed by atoms with Crippen molar-refractivity contribution in [3.8, 4) is 11.3 Å². The Hall–Kier alpha value is -2.70. The molecule has 2 aromatic heterocycles. The lowest BCUT2D eigenvalue weighted by Crippen LogP contribution is -2.32. The standard InChI is InChI=1S/C22H28N6O/c29-20(14-16-6-1-2-7-16)28-13-5-8-19(28)21-17(15-24-26-21)18-9-10-23-22(25-18)27-11-3-4-12-27/h1,6,9-10,15-16,19H,2-5,7-8,11-14H2,(H,24,26)/t16-,19-/m0/s1. The van der Waals surface area contributed by atoms with Gasteiger partial charge in [0.1, 0.15) is 0 Å². The van der Waals surface area contributed by atoms with Gasteiger partial charge in [-0.1, -0.05) is 12.2 Å². The first-order valence-corrected chi connectivity index (χ1v) is 10.9. The number of nitrogens with zero attached hydrogens (tertiary/aromatic N) is 5. The van der Waals surface area contributed by atoms with E-state index in [2.05, 4.69) is 32.2 Å². The average molecular weight is 393 g/mol. The second kappa shape index (κ2) is 7.97. The van der Waals surface area contributed by atoms with Crippen LogP contribution in [0.3, 0.4) is 0 Å². The fourth-order valence-corrected chi connectivity index (χ4v) is 4.89. The highest BCUT2D eigenvalue weighted by Crippen LogP contribution is 2.37. The van der Waals surface area contributed by atoms with Gasteiger partial charge in [-0.15, -0.1) is 0 Å². The lowest BCUT2D eigenvalue weighted by molar-refractivity contribution is -0.132. The molecule has 152 valence electrons. The summed E-state index contributed by atoms with van der Waals surface area (Å²) in [4.78, 5) is 26.6. The van der Waals surface area contributed by atoms with Crippen LogP contribution >= 0.6 is 0 Å². The third-order valence-corrected chi connectivity index (χ3v) is 6.43. The van der Waals surface area contributed by atoms with Crippen molar-refractivity contribution in [3.63, 3.8) is 0 Å². The number of anilines is 1. The van der Waals surface area contributed by atoms with E-state index in [-0.39, 0.29) is 11.9 Å². The molecule has 7 heteroatoms. The number of H-pyrrole nitrogens is 1. The largest absolute Gasteiger partial charge is 0.341 e. The summed E-state index contributed by atoms with van der Waals surface area (Å²) in [6.45, 7) is 2.85. The summed E-state index contributed by atoms with van der Waals surface area (Å²) in [6, 6.07) is 1.99. The van der Waals surface area contributed by atoms with E-state index in [1.807, 2.05) is 23.4 Å². The Morgan fingerprint density at radius 2 is 2.07 bits per heavy atom. The minimum absolute atomic E-state index is 0.0515. The molecule has 4 heterocycles. The van der Waals surface area contributed by atoms with Crippen LogP contribution in [0.5, 0.6) is 0 Å². The molecule has 29 heavy (non-hydrogen) atoms. The molecule has 0 aromatic carbocycles. The van der Waals surface area contributed by atoms with Gasteiger partial charge in [-0.2, -0.15) is 5.10 Å². The zero-order valence-corrected chi connectivity index (χ0v) is 16.8. The van der Waals surface area contributed by atoms with Crippen LogP contribution in [0, 0.1) is 5.92 Å². The van der Waals surface area contributed by atoms with Gasteiger partial charge in [-0.05, 0) is 50.5 Å². The summed E-state index contributed by atoms with van der Waals surface area (Å²) in [5, 5.41) is 7.50. The quantitative estimate of drug-likeness (QED) is 0.788. The van der Waals surface area contributed by atoms with Gasteiger partial charge < -0.3 is 9.80 Å². The number of hydrogen-bond donors (Lipinski definition) is 1. The van der Waals surface area contributed by atoms with E-state index in [1.165, 1.54) is 12.8 Å². The molecule has 7 nitrogen and oxygen atoms in total. The number of allylic oxidation sites excluding steroid dienone is 2. The van der Waals surface area contributed by atoms with Crippen LogP contribution < -0.4 is 4.90 Å². The van der Waals surface area contributed by atoms with Crippen LogP contribution in [-0.4, -0.2) is 50.6 Å². The van der Waals surface area contributed by atoms with Crippen molar-refractivity contribution in [2.75, 3.05) is 24.5 Å². The van der Waals surface area contributed by atoms with Crippen LogP contribution in [0.25, 0.3) is 11.3 Å². The number of amides is 1. The van der Waals surface area contributed by atoms with Crippen molar-refractivity contribution >= 4 is 11.9 Å². The Labute approximate surface area is 171 Å². The Morgan fingerprint density at radius 1 is 1.17 bits per heavy atom. The van der Waals surface area contributed by atoms with Gasteiger partial charge in [-0.3, -0.25) is 9.89 Å². The van der Waals surface area contributed by atoms with Crippen LogP contribution in [0.1, 0.15) is 56.7 Å². The minimum atomic E-state index is 0.0515. The highest BCUT2D eigenvalue weighted by Gasteiger charge is 2.34. The maximum Gasteiger partial charge on any atom is 0.225 e. The predicted molar refractivity (Wildman–Crippen MR) is 111 cm³/mol. The Kier molecular flexibility index (Phi) is 5.04. The van der Waals surface area contributed by atoms with Crippen molar-refractivity contribution in [2.45, 2.75) is 51.0 Å². The molecule has 3 aliphatic rings. The summed E-state index contributed by atoms with van der Waals surface area (Å²) in [5.74, 6) is 1.44. The van der Waals surface area contributed by atoms with E-state index in [1.54, 1.807) is 0 Å². The normalized spacial score (nSPS) is 24.0. The number of aromatic nitrogens is 4. The fraction of sp³-hybridized carbons (Fsp3) is 0.545. The molecule has 0 unspecified atom stereocenters. The molecule has 1 amide bonds. The third kappa shape index (κ3) is 3.66. The van der Waals surface area contributed by atoms with Gasteiger partial charge in [0.15, 0.2) is 0 Å². The van der Waals surface area contributed by atoms with E-state index in [0.29, 0.717) is 12.3 Å². The van der Waals surface area contributed by atoms with E-state index in [4.69, 9.17) is 4.98 Å². The van der Waals surface area contributed by atoms with Gasteiger partial charge >= 0.3 is 0 Å². The number of likely N-dealkylation sites (tertiary alicyclic amines) is 1. The van der Waals surface area contributed by atoms with E-state index in [0.717, 1.165) is 68.2 Å². The van der Waals surface area contributed by atoms with Crippen LogP contribution in [0.4, 0.5) is 5.95 Å². The average Bonchev–Trinajstić information content (AvgIpc) is 3.55. The molecule has 0 saturated carbocycles. The van der Waals surface area contributed by atoms with Crippen molar-refractivity contribution in [2.24, 2.45) is 5.92 Å². The molecule has 2 saturated heterocycles. The lowest BCUT2D eigenvalue weighted by atomic mass is 10.0. The van der Waals surface area contributed by atoms with Gasteiger partial charge in [0.2, 0.25) is 11.9 Å². The van der Waals surface area contributed by atoms with Crippen molar-refractivity contribution in [1.29, 1.82) is 0 Å². The molecular weight excluding hydrogens is 364 g/mol. The zero-order chi connectivity index (χ0) is 19.6. The molecule has 1 aliphatic carbocycles. The summed E-state index contributed by atoms with van der Waals surface area (Å²) >= 11 is 0. The minimum Gasteiger partial charge on any atom is -0.341 e. The fourth-order valence-electron chi connectivity index (χ4n) is 4.89. The molecule has 2 aromatic rings. The molecule has 2 atom stereocenters. The van der Waals surface area contributed by atoms with Gasteiger partial charge in [-0.25, -0.2) is 9.97 Å². The van der Waals surface area contributed by atoms with Crippen molar-refractivity contribution in [1.82, 2.24) is 25.1 Å². The zero-order valence-electron chi connectivity index (χ0n) is 16.8. The lowest BCUT2D eigenvalue weighted by Gasteiger charge is -2.26. The van der Waals surface area contributed by atoms with Crippen molar-refractivity contribution < 1.29 is 4.79 Å². The van der Waals surface area contributed by atoms with Crippen LogP contribution in [0.15, 0.2) is 30.6 Å². The molecule has 2 fully saturated rings. The molecule has 2 aliphatic heterocycles. The first-order valence-electron chi connectivity index (χ1n) is 10.9. The Balaban J connectivity index is 1.38. The number of carbonyl (C=O) groups is 1.